The Labute approximate surface area is 127 Å². The van der Waals surface area contributed by atoms with Crippen LogP contribution in [-0.4, -0.2) is 23.9 Å². The molecule has 0 bridgehead atoms. The van der Waals surface area contributed by atoms with Gasteiger partial charge in [0, 0.05) is 39.9 Å². The highest BCUT2D eigenvalue weighted by Crippen LogP contribution is 2.29. The largest absolute Gasteiger partial charge is 0.433 e. The van der Waals surface area contributed by atoms with Gasteiger partial charge in [0.2, 0.25) is 0 Å². The molecular weight excluding hydrogens is 293 g/mol. The Hall–Kier alpha value is -2.02. The molecule has 7 heteroatoms. The number of halogens is 3. The molecule has 1 aromatic heterocycles. The van der Waals surface area contributed by atoms with Gasteiger partial charge in [0.05, 0.1) is 5.69 Å². The van der Waals surface area contributed by atoms with Crippen LogP contribution in [0, 0.1) is 0 Å². The van der Waals surface area contributed by atoms with Crippen LogP contribution in [0.15, 0.2) is 30.3 Å². The lowest BCUT2D eigenvalue weighted by molar-refractivity contribution is -0.143. The van der Waals surface area contributed by atoms with Crippen molar-refractivity contribution in [3.63, 3.8) is 0 Å². The number of hydrogen-bond acceptors (Lipinski definition) is 3. The zero-order valence-corrected chi connectivity index (χ0v) is 12.8. The van der Waals surface area contributed by atoms with Crippen molar-refractivity contribution in [2.24, 2.45) is 7.05 Å². The van der Waals surface area contributed by atoms with Gasteiger partial charge >= 0.3 is 6.18 Å². The Morgan fingerprint density at radius 2 is 1.77 bits per heavy atom. The number of nitrogens with one attached hydrogen (secondary N) is 1. The van der Waals surface area contributed by atoms with Gasteiger partial charge < -0.3 is 10.2 Å². The van der Waals surface area contributed by atoms with E-state index in [-0.39, 0.29) is 0 Å². The average molecular weight is 312 g/mol. The molecule has 4 nitrogen and oxygen atoms in total. The number of benzene rings is 1. The van der Waals surface area contributed by atoms with E-state index in [1.54, 1.807) is 0 Å². The number of aromatic nitrogens is 2. The highest BCUT2D eigenvalue weighted by Gasteiger charge is 2.34. The summed E-state index contributed by atoms with van der Waals surface area (Å²) in [4.78, 5) is 2.00. The molecule has 0 spiro atoms. The maximum Gasteiger partial charge on any atom is 0.433 e. The molecule has 0 aliphatic carbocycles. The van der Waals surface area contributed by atoms with E-state index in [9.17, 15) is 13.2 Å². The van der Waals surface area contributed by atoms with Gasteiger partial charge in [-0.3, -0.25) is 4.68 Å². The topological polar surface area (TPSA) is 33.1 Å². The molecule has 0 amide bonds. The van der Waals surface area contributed by atoms with Gasteiger partial charge in [-0.15, -0.1) is 0 Å². The van der Waals surface area contributed by atoms with Gasteiger partial charge in [0.1, 0.15) is 5.69 Å². The zero-order valence-electron chi connectivity index (χ0n) is 12.8. The molecule has 1 heterocycles. The average Bonchev–Trinajstić information content (AvgIpc) is 2.80. The van der Waals surface area contributed by atoms with Crippen LogP contribution in [0.25, 0.3) is 0 Å². The van der Waals surface area contributed by atoms with E-state index < -0.39 is 11.9 Å². The predicted octanol–water partition coefficient (Wildman–Crippen LogP) is 2.79. The highest BCUT2D eigenvalue weighted by molar-refractivity contribution is 5.45. The smallest absolute Gasteiger partial charge is 0.378 e. The maximum absolute atomic E-state index is 12.7. The summed E-state index contributed by atoms with van der Waals surface area (Å²) in [5.74, 6) is 0. The minimum absolute atomic E-state index is 0.291. The van der Waals surface area contributed by atoms with Crippen molar-refractivity contribution >= 4 is 5.69 Å². The second-order valence-electron chi connectivity index (χ2n) is 5.31. The van der Waals surface area contributed by atoms with Crippen molar-refractivity contribution < 1.29 is 13.2 Å². The van der Waals surface area contributed by atoms with E-state index in [1.165, 1.54) is 7.05 Å². The number of hydrogen-bond donors (Lipinski definition) is 1. The zero-order chi connectivity index (χ0) is 16.3. The van der Waals surface area contributed by atoms with Crippen LogP contribution in [0.2, 0.25) is 0 Å². The molecule has 0 atom stereocenters. The van der Waals surface area contributed by atoms with E-state index in [0.29, 0.717) is 18.8 Å². The fourth-order valence-electron chi connectivity index (χ4n) is 2.13. The van der Waals surface area contributed by atoms with E-state index >= 15 is 0 Å². The van der Waals surface area contributed by atoms with E-state index in [0.717, 1.165) is 22.0 Å². The van der Waals surface area contributed by atoms with Crippen LogP contribution >= 0.6 is 0 Å². The molecular formula is C15H19F3N4. The van der Waals surface area contributed by atoms with Gasteiger partial charge in [0.15, 0.2) is 0 Å². The first-order chi connectivity index (χ1) is 10.3. The number of aryl methyl sites for hydroxylation is 1. The third-order valence-corrected chi connectivity index (χ3v) is 3.31. The fourth-order valence-corrected chi connectivity index (χ4v) is 2.13. The first kappa shape index (κ1) is 16.4. The summed E-state index contributed by atoms with van der Waals surface area (Å²) < 4.78 is 38.9. The minimum atomic E-state index is -4.37. The lowest BCUT2D eigenvalue weighted by Crippen LogP contribution is -2.13. The van der Waals surface area contributed by atoms with Crippen molar-refractivity contribution in [2.45, 2.75) is 19.3 Å². The summed E-state index contributed by atoms with van der Waals surface area (Å²) in [5.41, 5.74) is 1.81. The van der Waals surface area contributed by atoms with Crippen molar-refractivity contribution in [1.82, 2.24) is 15.1 Å². The molecule has 120 valence electrons. The van der Waals surface area contributed by atoms with E-state index in [2.05, 4.69) is 10.4 Å². The number of anilines is 1. The van der Waals surface area contributed by atoms with Crippen LogP contribution < -0.4 is 10.2 Å². The third-order valence-electron chi connectivity index (χ3n) is 3.31. The monoisotopic (exact) mass is 312 g/mol. The molecule has 2 aromatic rings. The second-order valence-corrected chi connectivity index (χ2v) is 5.31. The van der Waals surface area contributed by atoms with E-state index in [4.69, 9.17) is 0 Å². The van der Waals surface area contributed by atoms with Crippen LogP contribution in [0.5, 0.6) is 0 Å². The number of alkyl halides is 3. The molecule has 0 radical (unpaired) electrons. The molecule has 0 saturated carbocycles. The molecule has 0 unspecified atom stereocenters. The first-order valence-electron chi connectivity index (χ1n) is 6.84. The van der Waals surface area contributed by atoms with Gasteiger partial charge in [-0.2, -0.15) is 18.3 Å². The fraction of sp³-hybridized carbons (Fsp3) is 0.400. The summed E-state index contributed by atoms with van der Waals surface area (Å²) in [6.07, 6.45) is -4.37. The lowest BCUT2D eigenvalue weighted by atomic mass is 10.2. The van der Waals surface area contributed by atoms with Crippen LogP contribution in [-0.2, 0) is 26.3 Å². The summed E-state index contributed by atoms with van der Waals surface area (Å²) in [6, 6.07) is 9.05. The molecule has 2 rings (SSSR count). The lowest BCUT2D eigenvalue weighted by Gasteiger charge is -2.12. The third kappa shape index (κ3) is 4.00. The normalized spacial score (nSPS) is 11.7. The van der Waals surface area contributed by atoms with E-state index in [1.807, 2.05) is 43.3 Å². The number of rotatable bonds is 5. The van der Waals surface area contributed by atoms with Crippen molar-refractivity contribution in [3.05, 3.63) is 47.3 Å². The van der Waals surface area contributed by atoms with Crippen molar-refractivity contribution in [2.75, 3.05) is 19.0 Å². The van der Waals surface area contributed by atoms with Crippen LogP contribution in [0.4, 0.5) is 18.9 Å². The maximum atomic E-state index is 12.7. The first-order valence-corrected chi connectivity index (χ1v) is 6.84. The molecule has 0 aliphatic rings. The van der Waals surface area contributed by atoms with Gasteiger partial charge in [-0.25, -0.2) is 0 Å². The second kappa shape index (κ2) is 6.39. The molecule has 22 heavy (non-hydrogen) atoms. The Morgan fingerprint density at radius 1 is 1.14 bits per heavy atom. The summed E-state index contributed by atoms with van der Waals surface area (Å²) in [5, 5.41) is 6.97. The van der Waals surface area contributed by atoms with Gasteiger partial charge in [-0.1, -0.05) is 12.1 Å². The summed E-state index contributed by atoms with van der Waals surface area (Å²) >= 11 is 0. The van der Waals surface area contributed by atoms with Crippen molar-refractivity contribution in [1.29, 1.82) is 0 Å². The van der Waals surface area contributed by atoms with Crippen molar-refractivity contribution in [3.8, 4) is 0 Å². The van der Waals surface area contributed by atoms with Gasteiger partial charge in [-0.05, 0) is 23.8 Å². The molecule has 1 aromatic carbocycles. The summed E-state index contributed by atoms with van der Waals surface area (Å²) in [6.45, 7) is 0.866. The molecule has 0 aliphatic heterocycles. The Bertz CT molecular complexity index is 615. The SMILES string of the molecule is CN(C)c1ccc(CNCc2cc(C(F)(F)F)n(C)n2)cc1. The van der Waals surface area contributed by atoms with Crippen LogP contribution in [0.3, 0.4) is 0 Å². The minimum Gasteiger partial charge on any atom is -0.378 e. The van der Waals surface area contributed by atoms with Crippen LogP contribution in [0.1, 0.15) is 17.0 Å². The van der Waals surface area contributed by atoms with Gasteiger partial charge in [0.25, 0.3) is 0 Å². The molecule has 1 N–H and O–H groups in total. The Kier molecular flexibility index (Phi) is 4.75. The quantitative estimate of drug-likeness (QED) is 0.921. The molecule has 0 fully saturated rings. The standard InChI is InChI=1S/C15H19F3N4/c1-21(2)13-6-4-11(5-7-13)9-19-10-12-8-14(15(16,17)18)22(3)20-12/h4-8,19H,9-10H2,1-3H3. The molecule has 0 saturated heterocycles. The Morgan fingerprint density at radius 3 is 2.27 bits per heavy atom. The Balaban J connectivity index is 1.91. The predicted molar refractivity (Wildman–Crippen MR) is 79.5 cm³/mol. The highest BCUT2D eigenvalue weighted by atomic mass is 19.4. The summed E-state index contributed by atoms with van der Waals surface area (Å²) in [7, 11) is 5.23. The number of nitrogens with zero attached hydrogens (tertiary/aromatic N) is 3.